The first-order chi connectivity index (χ1) is 10.7. The number of aromatic nitrogens is 1. The molecule has 120 valence electrons. The lowest BCUT2D eigenvalue weighted by molar-refractivity contribution is 0.212. The van der Waals surface area contributed by atoms with Crippen molar-refractivity contribution in [2.24, 2.45) is 5.92 Å². The molecule has 1 aromatic heterocycles. The highest BCUT2D eigenvalue weighted by Gasteiger charge is 2.19. The smallest absolute Gasteiger partial charge is 0.176 e. The van der Waals surface area contributed by atoms with Gasteiger partial charge in [-0.25, -0.2) is 0 Å². The first-order valence-corrected chi connectivity index (χ1v) is 7.96. The summed E-state index contributed by atoms with van der Waals surface area (Å²) in [5.74, 6) is 1.42. The maximum absolute atomic E-state index is 9.54. The SMILES string of the molecule is COc1ccc2c(CCC3CCN(C)CC3)noc2c1CO. The molecule has 3 rings (SSSR count). The van der Waals surface area contributed by atoms with Crippen molar-refractivity contribution < 1.29 is 14.4 Å². The Morgan fingerprint density at radius 3 is 2.82 bits per heavy atom. The minimum absolute atomic E-state index is 0.107. The van der Waals surface area contributed by atoms with Crippen molar-refractivity contribution in [2.45, 2.75) is 32.3 Å². The van der Waals surface area contributed by atoms with Crippen molar-refractivity contribution in [1.29, 1.82) is 0 Å². The van der Waals surface area contributed by atoms with Crippen LogP contribution in [-0.2, 0) is 13.0 Å². The van der Waals surface area contributed by atoms with E-state index in [1.807, 2.05) is 12.1 Å². The topological polar surface area (TPSA) is 58.7 Å². The van der Waals surface area contributed by atoms with Crippen LogP contribution < -0.4 is 4.74 Å². The van der Waals surface area contributed by atoms with E-state index >= 15 is 0 Å². The molecule has 0 amide bonds. The van der Waals surface area contributed by atoms with Gasteiger partial charge in [-0.05, 0) is 63.9 Å². The van der Waals surface area contributed by atoms with Crippen molar-refractivity contribution >= 4 is 11.0 Å². The Bertz CT molecular complexity index is 630. The van der Waals surface area contributed by atoms with Crippen molar-refractivity contribution in [1.82, 2.24) is 10.1 Å². The zero-order chi connectivity index (χ0) is 15.5. The van der Waals surface area contributed by atoms with Gasteiger partial charge in [-0.2, -0.15) is 0 Å². The standard InChI is InChI=1S/C17H24N2O3/c1-19-9-7-12(8-10-19)3-5-15-13-4-6-16(21-2)14(11-20)17(13)22-18-15/h4,6,12,20H,3,5,7-11H2,1-2H3. The summed E-state index contributed by atoms with van der Waals surface area (Å²) >= 11 is 0. The number of piperidine rings is 1. The van der Waals surface area contributed by atoms with Crippen molar-refractivity contribution in [3.63, 3.8) is 0 Å². The van der Waals surface area contributed by atoms with Crippen LogP contribution in [0.2, 0.25) is 0 Å². The van der Waals surface area contributed by atoms with Crippen LogP contribution in [-0.4, -0.2) is 42.4 Å². The highest BCUT2D eigenvalue weighted by molar-refractivity contribution is 5.84. The number of aliphatic hydroxyl groups is 1. The molecule has 1 aliphatic rings. The third kappa shape index (κ3) is 2.96. The molecule has 0 aliphatic carbocycles. The van der Waals surface area contributed by atoms with E-state index in [2.05, 4.69) is 17.1 Å². The molecule has 2 heterocycles. The number of aliphatic hydroxyl groups excluding tert-OH is 1. The van der Waals surface area contributed by atoms with Gasteiger partial charge in [0.2, 0.25) is 0 Å². The van der Waals surface area contributed by atoms with E-state index in [1.54, 1.807) is 7.11 Å². The average Bonchev–Trinajstić information content (AvgIpc) is 2.96. The van der Waals surface area contributed by atoms with E-state index in [9.17, 15) is 5.11 Å². The summed E-state index contributed by atoms with van der Waals surface area (Å²) in [6, 6.07) is 3.86. The highest BCUT2D eigenvalue weighted by atomic mass is 16.5. The Morgan fingerprint density at radius 1 is 1.36 bits per heavy atom. The molecular weight excluding hydrogens is 280 g/mol. The molecule has 1 aromatic carbocycles. The van der Waals surface area contributed by atoms with E-state index in [-0.39, 0.29) is 6.61 Å². The largest absolute Gasteiger partial charge is 0.496 e. The number of aryl methyl sites for hydroxylation is 1. The number of nitrogens with zero attached hydrogens (tertiary/aromatic N) is 2. The maximum atomic E-state index is 9.54. The number of rotatable bonds is 5. The summed E-state index contributed by atoms with van der Waals surface area (Å²) in [5, 5.41) is 14.8. The molecule has 1 aliphatic heterocycles. The second-order valence-corrected chi connectivity index (χ2v) is 6.20. The van der Waals surface area contributed by atoms with Gasteiger partial charge in [0.1, 0.15) is 5.75 Å². The molecule has 0 unspecified atom stereocenters. The Hall–Kier alpha value is -1.59. The van der Waals surface area contributed by atoms with Gasteiger partial charge in [0.25, 0.3) is 0 Å². The number of hydrogen-bond donors (Lipinski definition) is 1. The Labute approximate surface area is 130 Å². The van der Waals surface area contributed by atoms with Gasteiger partial charge in [0.05, 0.1) is 25.0 Å². The van der Waals surface area contributed by atoms with Crippen LogP contribution in [0.25, 0.3) is 11.0 Å². The molecule has 0 saturated carbocycles. The zero-order valence-corrected chi connectivity index (χ0v) is 13.3. The Morgan fingerprint density at radius 2 is 2.14 bits per heavy atom. The third-order valence-corrected chi connectivity index (χ3v) is 4.78. The van der Waals surface area contributed by atoms with Crippen molar-refractivity contribution in [2.75, 3.05) is 27.2 Å². The molecule has 22 heavy (non-hydrogen) atoms. The van der Waals surface area contributed by atoms with Gasteiger partial charge in [-0.3, -0.25) is 0 Å². The van der Waals surface area contributed by atoms with E-state index < -0.39 is 0 Å². The molecule has 0 spiro atoms. The molecule has 1 N–H and O–H groups in total. The molecule has 1 saturated heterocycles. The van der Waals surface area contributed by atoms with Crippen molar-refractivity contribution in [3.05, 3.63) is 23.4 Å². The third-order valence-electron chi connectivity index (χ3n) is 4.78. The number of fused-ring (bicyclic) bond motifs is 1. The summed E-state index contributed by atoms with van der Waals surface area (Å²) in [6.07, 6.45) is 4.61. The monoisotopic (exact) mass is 304 g/mol. The molecule has 2 aromatic rings. The van der Waals surface area contributed by atoms with E-state index in [1.165, 1.54) is 25.9 Å². The lowest BCUT2D eigenvalue weighted by atomic mass is 9.91. The summed E-state index contributed by atoms with van der Waals surface area (Å²) in [4.78, 5) is 2.39. The van der Waals surface area contributed by atoms with Crippen LogP contribution in [0.5, 0.6) is 5.75 Å². The first-order valence-electron chi connectivity index (χ1n) is 7.96. The Balaban J connectivity index is 1.75. The van der Waals surface area contributed by atoms with E-state index in [0.717, 1.165) is 29.8 Å². The van der Waals surface area contributed by atoms with Crippen LogP contribution in [0.1, 0.15) is 30.5 Å². The summed E-state index contributed by atoms with van der Waals surface area (Å²) in [6.45, 7) is 2.27. The fourth-order valence-electron chi connectivity index (χ4n) is 3.30. The normalized spacial score (nSPS) is 17.2. The average molecular weight is 304 g/mol. The number of hydrogen-bond acceptors (Lipinski definition) is 5. The van der Waals surface area contributed by atoms with Gasteiger partial charge >= 0.3 is 0 Å². The Kier molecular flexibility index (Phi) is 4.64. The second-order valence-electron chi connectivity index (χ2n) is 6.20. The molecule has 0 atom stereocenters. The van der Waals surface area contributed by atoms with Crippen molar-refractivity contribution in [3.8, 4) is 5.75 Å². The highest BCUT2D eigenvalue weighted by Crippen LogP contribution is 2.31. The van der Waals surface area contributed by atoms with Gasteiger partial charge in [-0.1, -0.05) is 5.16 Å². The maximum Gasteiger partial charge on any atom is 0.176 e. The van der Waals surface area contributed by atoms with Crippen LogP contribution in [0.15, 0.2) is 16.7 Å². The quantitative estimate of drug-likeness (QED) is 0.920. The molecule has 5 heteroatoms. The van der Waals surface area contributed by atoms with Gasteiger partial charge in [-0.15, -0.1) is 0 Å². The van der Waals surface area contributed by atoms with E-state index in [4.69, 9.17) is 9.26 Å². The fourth-order valence-corrected chi connectivity index (χ4v) is 3.30. The predicted molar refractivity (Wildman–Crippen MR) is 85.0 cm³/mol. The molecule has 1 fully saturated rings. The predicted octanol–water partition coefficient (Wildman–Crippen LogP) is 2.60. The summed E-state index contributed by atoms with van der Waals surface area (Å²) < 4.78 is 10.7. The number of ether oxygens (including phenoxy) is 1. The fraction of sp³-hybridized carbons (Fsp3) is 0.588. The summed E-state index contributed by atoms with van der Waals surface area (Å²) in [5.41, 5.74) is 2.32. The van der Waals surface area contributed by atoms with E-state index in [0.29, 0.717) is 16.9 Å². The lowest BCUT2D eigenvalue weighted by Crippen LogP contribution is -2.30. The first kappa shape index (κ1) is 15.3. The number of benzene rings is 1. The van der Waals surface area contributed by atoms with Crippen LogP contribution in [0, 0.1) is 5.92 Å². The molecule has 5 nitrogen and oxygen atoms in total. The second kappa shape index (κ2) is 6.67. The minimum atomic E-state index is -0.107. The zero-order valence-electron chi connectivity index (χ0n) is 13.3. The van der Waals surface area contributed by atoms with Gasteiger partial charge < -0.3 is 19.3 Å². The number of likely N-dealkylation sites (tertiary alicyclic amines) is 1. The van der Waals surface area contributed by atoms with Gasteiger partial charge in [0.15, 0.2) is 5.58 Å². The molecule has 0 bridgehead atoms. The summed E-state index contributed by atoms with van der Waals surface area (Å²) in [7, 11) is 3.78. The number of methoxy groups -OCH3 is 1. The minimum Gasteiger partial charge on any atom is -0.496 e. The lowest BCUT2D eigenvalue weighted by Gasteiger charge is -2.28. The molecular formula is C17H24N2O3. The molecule has 0 radical (unpaired) electrons. The van der Waals surface area contributed by atoms with Crippen LogP contribution in [0.4, 0.5) is 0 Å². The van der Waals surface area contributed by atoms with Gasteiger partial charge in [0, 0.05) is 5.39 Å². The van der Waals surface area contributed by atoms with Crippen LogP contribution >= 0.6 is 0 Å². The van der Waals surface area contributed by atoms with Crippen LogP contribution in [0.3, 0.4) is 0 Å².